The van der Waals surface area contributed by atoms with Crippen molar-refractivity contribution in [3.8, 4) is 0 Å². The Labute approximate surface area is 170 Å². The van der Waals surface area contributed by atoms with Crippen LogP contribution >= 0.6 is 0 Å². The molecule has 0 spiro atoms. The quantitative estimate of drug-likeness (QED) is 0.812. The van der Waals surface area contributed by atoms with Crippen molar-refractivity contribution in [3.63, 3.8) is 0 Å². The van der Waals surface area contributed by atoms with E-state index in [0.29, 0.717) is 12.0 Å². The highest BCUT2D eigenvalue weighted by molar-refractivity contribution is 5.94. The number of carbonyl (C=O) groups excluding carboxylic acids is 2. The summed E-state index contributed by atoms with van der Waals surface area (Å²) in [5, 5.41) is 3.10. The number of hydrogen-bond donors (Lipinski definition) is 1. The molecule has 2 fully saturated rings. The van der Waals surface area contributed by atoms with E-state index in [1.54, 1.807) is 0 Å². The Balaban J connectivity index is 1.46. The number of carbonyl (C=O) groups is 2. The van der Waals surface area contributed by atoms with Crippen LogP contribution in [-0.2, 0) is 11.3 Å². The number of likely N-dealkylation sites (tertiary alicyclic amines) is 1. The zero-order valence-electron chi connectivity index (χ0n) is 17.8. The Bertz CT molecular complexity index is 661. The van der Waals surface area contributed by atoms with E-state index >= 15 is 0 Å². The summed E-state index contributed by atoms with van der Waals surface area (Å²) in [5.41, 5.74) is 2.14. The van der Waals surface area contributed by atoms with Gasteiger partial charge in [-0.15, -0.1) is 0 Å². The largest absolute Gasteiger partial charge is 0.352 e. The van der Waals surface area contributed by atoms with Gasteiger partial charge in [-0.2, -0.15) is 0 Å². The minimum Gasteiger partial charge on any atom is -0.352 e. The number of benzene rings is 1. The Hall–Kier alpha value is -1.84. The maximum absolute atomic E-state index is 12.5. The minimum atomic E-state index is 0.130. The molecule has 2 amide bonds. The lowest BCUT2D eigenvalue weighted by Gasteiger charge is -2.36. The maximum atomic E-state index is 12.5. The highest BCUT2D eigenvalue weighted by Crippen LogP contribution is 2.39. The first kappa shape index (κ1) is 20.9. The van der Waals surface area contributed by atoms with E-state index in [4.69, 9.17) is 0 Å². The SMILES string of the molecule is CC(C)(C)C1CCC(C(=O)NCc2ccc(C(=O)N3CCCCC3)cc2)CC1. The first-order valence-corrected chi connectivity index (χ1v) is 11.0. The lowest BCUT2D eigenvalue weighted by molar-refractivity contribution is -0.126. The second kappa shape index (κ2) is 9.11. The Kier molecular flexibility index (Phi) is 6.79. The highest BCUT2D eigenvalue weighted by atomic mass is 16.2. The topological polar surface area (TPSA) is 49.4 Å². The van der Waals surface area contributed by atoms with Crippen LogP contribution in [0.15, 0.2) is 24.3 Å². The summed E-state index contributed by atoms with van der Waals surface area (Å²) < 4.78 is 0. The second-order valence-corrected chi connectivity index (χ2v) is 9.68. The molecule has 1 aromatic carbocycles. The maximum Gasteiger partial charge on any atom is 0.253 e. The van der Waals surface area contributed by atoms with Gasteiger partial charge in [0.15, 0.2) is 0 Å². The summed E-state index contributed by atoms with van der Waals surface area (Å²) in [7, 11) is 0. The molecule has 0 aromatic heterocycles. The molecule has 1 aliphatic heterocycles. The normalized spacial score (nSPS) is 23.3. The number of amides is 2. The highest BCUT2D eigenvalue weighted by Gasteiger charge is 2.32. The smallest absolute Gasteiger partial charge is 0.253 e. The molecule has 4 nitrogen and oxygen atoms in total. The van der Waals surface area contributed by atoms with Crippen LogP contribution in [0.1, 0.15) is 81.6 Å². The van der Waals surface area contributed by atoms with E-state index in [1.807, 2.05) is 29.2 Å². The van der Waals surface area contributed by atoms with Crippen molar-refractivity contribution < 1.29 is 9.59 Å². The number of nitrogens with one attached hydrogen (secondary N) is 1. The van der Waals surface area contributed by atoms with Gasteiger partial charge in [0, 0.05) is 31.1 Å². The van der Waals surface area contributed by atoms with Crippen molar-refractivity contribution in [1.29, 1.82) is 0 Å². The van der Waals surface area contributed by atoms with Crippen LogP contribution < -0.4 is 5.32 Å². The first-order chi connectivity index (χ1) is 13.3. The number of nitrogens with zero attached hydrogens (tertiary/aromatic N) is 1. The fourth-order valence-corrected chi connectivity index (χ4v) is 4.60. The molecule has 3 rings (SSSR count). The zero-order valence-corrected chi connectivity index (χ0v) is 17.8. The fourth-order valence-electron chi connectivity index (χ4n) is 4.60. The minimum absolute atomic E-state index is 0.130. The summed E-state index contributed by atoms with van der Waals surface area (Å²) in [5.74, 6) is 1.19. The number of rotatable bonds is 4. The summed E-state index contributed by atoms with van der Waals surface area (Å²) in [6.45, 7) is 9.19. The van der Waals surface area contributed by atoms with Crippen molar-refractivity contribution in [1.82, 2.24) is 10.2 Å². The molecule has 0 unspecified atom stereocenters. The molecule has 1 saturated carbocycles. The zero-order chi connectivity index (χ0) is 20.1. The molecule has 0 bridgehead atoms. The van der Waals surface area contributed by atoms with Crippen LogP contribution in [0.3, 0.4) is 0 Å². The molecule has 154 valence electrons. The van der Waals surface area contributed by atoms with Crippen LogP contribution in [0.4, 0.5) is 0 Å². The van der Waals surface area contributed by atoms with Gasteiger partial charge in [0.25, 0.3) is 5.91 Å². The molecule has 28 heavy (non-hydrogen) atoms. The standard InChI is InChI=1S/C24H36N2O2/c1-24(2,3)21-13-11-19(12-14-21)22(27)25-17-18-7-9-20(10-8-18)23(28)26-15-5-4-6-16-26/h7-10,19,21H,4-6,11-17H2,1-3H3,(H,25,27). The monoisotopic (exact) mass is 384 g/mol. The van der Waals surface area contributed by atoms with Crippen molar-refractivity contribution in [2.75, 3.05) is 13.1 Å². The van der Waals surface area contributed by atoms with Crippen LogP contribution in [0.25, 0.3) is 0 Å². The van der Waals surface area contributed by atoms with Crippen molar-refractivity contribution >= 4 is 11.8 Å². The average Bonchev–Trinajstić information content (AvgIpc) is 2.72. The fraction of sp³-hybridized carbons (Fsp3) is 0.667. The molecule has 1 N–H and O–H groups in total. The molecular formula is C24H36N2O2. The van der Waals surface area contributed by atoms with Crippen LogP contribution in [0, 0.1) is 17.3 Å². The van der Waals surface area contributed by atoms with Crippen molar-refractivity contribution in [2.24, 2.45) is 17.3 Å². The Morgan fingerprint density at radius 1 is 0.964 bits per heavy atom. The first-order valence-electron chi connectivity index (χ1n) is 11.0. The van der Waals surface area contributed by atoms with E-state index in [0.717, 1.165) is 68.7 Å². The molecule has 0 atom stereocenters. The number of piperidine rings is 1. The van der Waals surface area contributed by atoms with Gasteiger partial charge in [-0.05, 0) is 74.0 Å². The molecule has 2 aliphatic rings. The average molecular weight is 385 g/mol. The predicted molar refractivity (Wildman–Crippen MR) is 113 cm³/mol. The van der Waals surface area contributed by atoms with Crippen LogP contribution in [0.2, 0.25) is 0 Å². The van der Waals surface area contributed by atoms with Crippen molar-refractivity contribution in [3.05, 3.63) is 35.4 Å². The van der Waals surface area contributed by atoms with E-state index in [9.17, 15) is 9.59 Å². The van der Waals surface area contributed by atoms with Gasteiger partial charge in [0.2, 0.25) is 5.91 Å². The second-order valence-electron chi connectivity index (χ2n) is 9.68. The van der Waals surface area contributed by atoms with Gasteiger partial charge >= 0.3 is 0 Å². The molecule has 1 saturated heterocycles. The van der Waals surface area contributed by atoms with E-state index in [-0.39, 0.29) is 17.7 Å². The Morgan fingerprint density at radius 3 is 2.14 bits per heavy atom. The molecule has 1 aromatic rings. The van der Waals surface area contributed by atoms with E-state index < -0.39 is 0 Å². The molecular weight excluding hydrogens is 348 g/mol. The lowest BCUT2D eigenvalue weighted by Crippen LogP contribution is -2.35. The molecule has 1 aliphatic carbocycles. The summed E-state index contributed by atoms with van der Waals surface area (Å²) in [6.07, 6.45) is 7.72. The summed E-state index contributed by atoms with van der Waals surface area (Å²) >= 11 is 0. The van der Waals surface area contributed by atoms with Crippen LogP contribution in [0.5, 0.6) is 0 Å². The third-order valence-electron chi connectivity index (χ3n) is 6.63. The van der Waals surface area contributed by atoms with Gasteiger partial charge in [0.05, 0.1) is 0 Å². The van der Waals surface area contributed by atoms with Gasteiger partial charge in [-0.25, -0.2) is 0 Å². The third-order valence-corrected chi connectivity index (χ3v) is 6.63. The van der Waals surface area contributed by atoms with Crippen LogP contribution in [-0.4, -0.2) is 29.8 Å². The van der Waals surface area contributed by atoms with Crippen molar-refractivity contribution in [2.45, 2.75) is 72.3 Å². The Morgan fingerprint density at radius 2 is 1.57 bits per heavy atom. The molecule has 4 heteroatoms. The lowest BCUT2D eigenvalue weighted by atomic mass is 9.69. The summed E-state index contributed by atoms with van der Waals surface area (Å²) in [6, 6.07) is 7.72. The van der Waals surface area contributed by atoms with Gasteiger partial charge < -0.3 is 10.2 Å². The van der Waals surface area contributed by atoms with E-state index in [2.05, 4.69) is 26.1 Å². The van der Waals surface area contributed by atoms with Gasteiger partial charge in [-0.3, -0.25) is 9.59 Å². The molecule has 0 radical (unpaired) electrons. The van der Waals surface area contributed by atoms with Gasteiger partial charge in [-0.1, -0.05) is 32.9 Å². The molecule has 1 heterocycles. The number of hydrogen-bond acceptors (Lipinski definition) is 2. The predicted octanol–water partition coefficient (Wildman–Crippen LogP) is 4.78. The summed E-state index contributed by atoms with van der Waals surface area (Å²) in [4.78, 5) is 27.0. The third kappa shape index (κ3) is 5.36. The van der Waals surface area contributed by atoms with Gasteiger partial charge in [0.1, 0.15) is 0 Å². The van der Waals surface area contributed by atoms with E-state index in [1.165, 1.54) is 6.42 Å².